The van der Waals surface area contributed by atoms with Crippen molar-refractivity contribution in [2.24, 2.45) is 5.73 Å². The zero-order valence-electron chi connectivity index (χ0n) is 10.8. The van der Waals surface area contributed by atoms with E-state index < -0.39 is 15.8 Å². The van der Waals surface area contributed by atoms with Crippen molar-refractivity contribution in [2.75, 3.05) is 6.54 Å². The van der Waals surface area contributed by atoms with E-state index in [1.165, 1.54) is 12.1 Å². The highest BCUT2D eigenvalue weighted by Gasteiger charge is 2.19. The summed E-state index contributed by atoms with van der Waals surface area (Å²) >= 11 is 0. The van der Waals surface area contributed by atoms with E-state index in [2.05, 4.69) is 4.72 Å². The predicted octanol–water partition coefficient (Wildman–Crippen LogP) is 1.46. The molecule has 0 aliphatic rings. The summed E-state index contributed by atoms with van der Waals surface area (Å²) in [6, 6.07) is 2.36. The smallest absolute Gasteiger partial charge is 0.241 e. The van der Waals surface area contributed by atoms with Crippen LogP contribution in [0.5, 0.6) is 0 Å². The number of sulfonamides is 1. The zero-order chi connectivity index (χ0) is 13.9. The summed E-state index contributed by atoms with van der Waals surface area (Å²) in [6.45, 7) is 5.24. The number of nitrogens with one attached hydrogen (secondary N) is 1. The van der Waals surface area contributed by atoms with E-state index in [4.69, 9.17) is 5.73 Å². The van der Waals surface area contributed by atoms with Gasteiger partial charge >= 0.3 is 0 Å². The molecule has 1 rings (SSSR count). The number of benzene rings is 1. The maximum atomic E-state index is 13.1. The number of nitrogens with two attached hydrogens (primary N) is 1. The second-order valence-electron chi connectivity index (χ2n) is 4.53. The van der Waals surface area contributed by atoms with Crippen molar-refractivity contribution in [1.82, 2.24) is 4.72 Å². The second-order valence-corrected chi connectivity index (χ2v) is 6.24. The van der Waals surface area contributed by atoms with Gasteiger partial charge in [0.25, 0.3) is 0 Å². The molecule has 0 aliphatic heterocycles. The Morgan fingerprint density at radius 3 is 2.28 bits per heavy atom. The monoisotopic (exact) mass is 274 g/mol. The summed E-state index contributed by atoms with van der Waals surface area (Å²) in [5.74, 6) is -0.431. The topological polar surface area (TPSA) is 72.2 Å². The van der Waals surface area contributed by atoms with E-state index in [9.17, 15) is 12.8 Å². The van der Waals surface area contributed by atoms with Gasteiger partial charge in [-0.05, 0) is 50.5 Å². The average Bonchev–Trinajstić information content (AvgIpc) is 2.13. The Morgan fingerprint density at radius 1 is 1.33 bits per heavy atom. The van der Waals surface area contributed by atoms with E-state index >= 15 is 0 Å². The Labute approximate surface area is 107 Å². The van der Waals surface area contributed by atoms with Gasteiger partial charge < -0.3 is 5.73 Å². The third kappa shape index (κ3) is 3.76. The number of rotatable bonds is 5. The van der Waals surface area contributed by atoms with Crippen LogP contribution in [-0.4, -0.2) is 21.0 Å². The van der Waals surface area contributed by atoms with Crippen molar-refractivity contribution in [3.8, 4) is 0 Å². The molecule has 1 unspecified atom stereocenters. The first-order valence-corrected chi connectivity index (χ1v) is 7.24. The molecule has 6 heteroatoms. The molecular formula is C12H19FN2O2S. The molecular weight excluding hydrogens is 255 g/mol. The van der Waals surface area contributed by atoms with Crippen LogP contribution in [0, 0.1) is 19.7 Å². The standard InChI is InChI=1S/C12H19FN2O2S/c1-8-6-11(13)7-9(2)12(8)18(16,17)15-5-4-10(3)14/h6-7,10,15H,4-5,14H2,1-3H3. The molecule has 0 bridgehead atoms. The van der Waals surface area contributed by atoms with E-state index in [1.54, 1.807) is 13.8 Å². The van der Waals surface area contributed by atoms with E-state index in [-0.39, 0.29) is 17.5 Å². The fourth-order valence-electron chi connectivity index (χ4n) is 1.81. The molecule has 0 fully saturated rings. The van der Waals surface area contributed by atoms with Gasteiger partial charge in [-0.1, -0.05) is 0 Å². The molecule has 0 heterocycles. The van der Waals surface area contributed by atoms with Gasteiger partial charge in [0, 0.05) is 12.6 Å². The first-order chi connectivity index (χ1) is 8.24. The minimum absolute atomic E-state index is 0.0666. The first kappa shape index (κ1) is 15.1. The Balaban J connectivity index is 2.99. The maximum absolute atomic E-state index is 13.1. The quantitative estimate of drug-likeness (QED) is 0.853. The van der Waals surface area contributed by atoms with Gasteiger partial charge in [0.2, 0.25) is 10.0 Å². The zero-order valence-corrected chi connectivity index (χ0v) is 11.6. The highest BCUT2D eigenvalue weighted by molar-refractivity contribution is 7.89. The lowest BCUT2D eigenvalue weighted by molar-refractivity contribution is 0.569. The minimum Gasteiger partial charge on any atom is -0.328 e. The molecule has 0 spiro atoms. The van der Waals surface area contributed by atoms with Gasteiger partial charge in [-0.15, -0.1) is 0 Å². The van der Waals surface area contributed by atoms with Gasteiger partial charge in [-0.25, -0.2) is 17.5 Å². The largest absolute Gasteiger partial charge is 0.328 e. The average molecular weight is 274 g/mol. The molecule has 3 N–H and O–H groups in total. The fourth-order valence-corrected chi connectivity index (χ4v) is 3.31. The summed E-state index contributed by atoms with van der Waals surface area (Å²) in [5.41, 5.74) is 6.36. The van der Waals surface area contributed by atoms with Crippen LogP contribution in [-0.2, 0) is 10.0 Å². The summed E-state index contributed by atoms with van der Waals surface area (Å²) < 4.78 is 39.8. The van der Waals surface area contributed by atoms with Crippen LogP contribution in [0.2, 0.25) is 0 Å². The summed E-state index contributed by atoms with van der Waals surface area (Å²) in [5, 5.41) is 0. The van der Waals surface area contributed by atoms with Crippen molar-refractivity contribution in [3.63, 3.8) is 0 Å². The molecule has 18 heavy (non-hydrogen) atoms. The molecule has 0 radical (unpaired) electrons. The van der Waals surface area contributed by atoms with Crippen LogP contribution in [0.25, 0.3) is 0 Å². The van der Waals surface area contributed by atoms with Gasteiger partial charge in [0.15, 0.2) is 0 Å². The van der Waals surface area contributed by atoms with Crippen LogP contribution in [0.3, 0.4) is 0 Å². The summed E-state index contributed by atoms with van der Waals surface area (Å²) in [4.78, 5) is 0.147. The van der Waals surface area contributed by atoms with Crippen molar-refractivity contribution < 1.29 is 12.8 Å². The summed E-state index contributed by atoms with van der Waals surface area (Å²) in [6.07, 6.45) is 0.554. The number of aryl methyl sites for hydroxylation is 2. The van der Waals surface area contributed by atoms with Gasteiger partial charge in [-0.2, -0.15) is 0 Å². The molecule has 4 nitrogen and oxygen atoms in total. The Kier molecular flexibility index (Phi) is 4.84. The van der Waals surface area contributed by atoms with Crippen LogP contribution < -0.4 is 10.5 Å². The molecule has 0 aliphatic carbocycles. The molecule has 102 valence electrons. The van der Waals surface area contributed by atoms with Crippen molar-refractivity contribution in [2.45, 2.75) is 38.1 Å². The highest BCUT2D eigenvalue weighted by atomic mass is 32.2. The van der Waals surface area contributed by atoms with Crippen molar-refractivity contribution >= 4 is 10.0 Å². The van der Waals surface area contributed by atoms with Gasteiger partial charge in [0.1, 0.15) is 5.82 Å². The van der Waals surface area contributed by atoms with Crippen LogP contribution in [0.15, 0.2) is 17.0 Å². The van der Waals surface area contributed by atoms with Crippen molar-refractivity contribution in [1.29, 1.82) is 0 Å². The Morgan fingerprint density at radius 2 is 1.83 bits per heavy atom. The SMILES string of the molecule is Cc1cc(F)cc(C)c1S(=O)(=O)NCCC(C)N. The van der Waals surface area contributed by atoms with Gasteiger partial charge in [-0.3, -0.25) is 0 Å². The van der Waals surface area contributed by atoms with Crippen LogP contribution >= 0.6 is 0 Å². The number of hydrogen-bond donors (Lipinski definition) is 2. The van der Waals surface area contributed by atoms with Crippen LogP contribution in [0.1, 0.15) is 24.5 Å². The van der Waals surface area contributed by atoms with E-state index in [1.807, 2.05) is 6.92 Å². The lowest BCUT2D eigenvalue weighted by atomic mass is 10.1. The maximum Gasteiger partial charge on any atom is 0.241 e. The lowest BCUT2D eigenvalue weighted by Gasteiger charge is -2.13. The molecule has 1 aromatic carbocycles. The second kappa shape index (κ2) is 5.77. The third-order valence-electron chi connectivity index (χ3n) is 2.59. The van der Waals surface area contributed by atoms with Crippen LogP contribution in [0.4, 0.5) is 4.39 Å². The van der Waals surface area contributed by atoms with E-state index in [0.717, 1.165) is 0 Å². The molecule has 1 aromatic rings. The molecule has 1 atom stereocenters. The summed E-state index contributed by atoms with van der Waals surface area (Å²) in [7, 11) is -3.61. The molecule has 0 saturated carbocycles. The molecule has 0 saturated heterocycles. The third-order valence-corrected chi connectivity index (χ3v) is 4.35. The molecule has 0 aromatic heterocycles. The Hall–Kier alpha value is -0.980. The van der Waals surface area contributed by atoms with Crippen molar-refractivity contribution in [3.05, 3.63) is 29.1 Å². The fraction of sp³-hybridized carbons (Fsp3) is 0.500. The normalized spacial score (nSPS) is 13.6. The minimum atomic E-state index is -3.61. The highest BCUT2D eigenvalue weighted by Crippen LogP contribution is 2.21. The van der Waals surface area contributed by atoms with Gasteiger partial charge in [0.05, 0.1) is 4.90 Å². The Bertz CT molecular complexity index is 504. The van der Waals surface area contributed by atoms with E-state index in [0.29, 0.717) is 17.5 Å². The lowest BCUT2D eigenvalue weighted by Crippen LogP contribution is -2.30. The first-order valence-electron chi connectivity index (χ1n) is 5.76. The number of hydrogen-bond acceptors (Lipinski definition) is 3. The number of halogens is 1. The predicted molar refractivity (Wildman–Crippen MR) is 69.3 cm³/mol. The molecule has 0 amide bonds.